The van der Waals surface area contributed by atoms with Crippen molar-refractivity contribution in [2.75, 3.05) is 24.6 Å². The molecule has 1 atom stereocenters. The summed E-state index contributed by atoms with van der Waals surface area (Å²) in [5.41, 5.74) is 1.49. The van der Waals surface area contributed by atoms with Crippen molar-refractivity contribution < 1.29 is 4.74 Å². The Labute approximate surface area is 128 Å². The van der Waals surface area contributed by atoms with Crippen molar-refractivity contribution in [1.29, 1.82) is 0 Å². The fourth-order valence-electron chi connectivity index (χ4n) is 1.76. The highest BCUT2D eigenvalue weighted by atomic mass is 35.5. The second kappa shape index (κ2) is 10.5. The molecule has 112 valence electrons. The van der Waals surface area contributed by atoms with E-state index in [-0.39, 0.29) is 6.10 Å². The Morgan fingerprint density at radius 1 is 1.40 bits per heavy atom. The Bertz CT molecular complexity index is 429. The maximum absolute atomic E-state index is 6.02. The summed E-state index contributed by atoms with van der Waals surface area (Å²) in [6.45, 7) is 12.5. The van der Waals surface area contributed by atoms with Gasteiger partial charge in [0.25, 0.3) is 0 Å². The van der Waals surface area contributed by atoms with Crippen molar-refractivity contribution in [3.05, 3.63) is 23.0 Å². The zero-order chi connectivity index (χ0) is 15.5. The van der Waals surface area contributed by atoms with Gasteiger partial charge in [-0.2, -0.15) is 0 Å². The molecule has 1 aromatic heterocycles. The number of aromatic nitrogens is 1. The maximum atomic E-state index is 6.02. The van der Waals surface area contributed by atoms with Gasteiger partial charge in [-0.1, -0.05) is 39.3 Å². The van der Waals surface area contributed by atoms with Gasteiger partial charge in [-0.25, -0.2) is 4.98 Å². The van der Waals surface area contributed by atoms with E-state index in [4.69, 9.17) is 22.8 Å². The van der Waals surface area contributed by atoms with E-state index in [1.54, 1.807) is 6.20 Å². The van der Waals surface area contributed by atoms with Gasteiger partial charge in [-0.3, -0.25) is 0 Å². The summed E-state index contributed by atoms with van der Waals surface area (Å²) < 4.78 is 5.48. The van der Waals surface area contributed by atoms with Crippen LogP contribution >= 0.6 is 11.6 Å². The van der Waals surface area contributed by atoms with E-state index in [1.807, 2.05) is 33.8 Å². The summed E-state index contributed by atoms with van der Waals surface area (Å²) in [4.78, 5) is 6.35. The van der Waals surface area contributed by atoms with Gasteiger partial charge in [-0.15, -0.1) is 6.42 Å². The number of ether oxygens (including phenoxy) is 1. The van der Waals surface area contributed by atoms with Crippen LogP contribution in [-0.4, -0.2) is 30.8 Å². The van der Waals surface area contributed by atoms with E-state index in [0.29, 0.717) is 10.7 Å². The number of terminal acetylenes is 1. The average molecular weight is 297 g/mol. The third-order valence-electron chi connectivity index (χ3n) is 2.57. The van der Waals surface area contributed by atoms with Crippen molar-refractivity contribution in [3.8, 4) is 12.3 Å². The van der Waals surface area contributed by atoms with E-state index < -0.39 is 0 Å². The number of halogens is 1. The van der Waals surface area contributed by atoms with Crippen molar-refractivity contribution in [1.82, 2.24) is 4.98 Å². The molecule has 2 rings (SSSR count). The molecule has 0 spiro atoms. The van der Waals surface area contributed by atoms with Crippen LogP contribution in [-0.2, 0) is 4.74 Å². The van der Waals surface area contributed by atoms with Crippen LogP contribution < -0.4 is 4.90 Å². The topological polar surface area (TPSA) is 25.4 Å². The fourth-order valence-corrected chi connectivity index (χ4v) is 1.98. The predicted octanol–water partition coefficient (Wildman–Crippen LogP) is 3.99. The molecule has 20 heavy (non-hydrogen) atoms. The minimum atomic E-state index is 0.236. The van der Waals surface area contributed by atoms with Crippen LogP contribution in [0.2, 0.25) is 5.02 Å². The molecule has 1 aromatic rings. The summed E-state index contributed by atoms with van der Waals surface area (Å²) in [6.07, 6.45) is 7.27. The summed E-state index contributed by atoms with van der Waals surface area (Å²) >= 11 is 6.02. The van der Waals surface area contributed by atoms with Gasteiger partial charge >= 0.3 is 0 Å². The molecule has 0 N–H and O–H groups in total. The van der Waals surface area contributed by atoms with Crippen LogP contribution in [0.15, 0.2) is 12.3 Å². The molecule has 1 saturated heterocycles. The van der Waals surface area contributed by atoms with Gasteiger partial charge in [0.15, 0.2) is 0 Å². The van der Waals surface area contributed by atoms with Gasteiger partial charge in [0.05, 0.1) is 29.6 Å². The van der Waals surface area contributed by atoms with Crippen LogP contribution in [0.4, 0.5) is 5.69 Å². The van der Waals surface area contributed by atoms with E-state index >= 15 is 0 Å². The standard InChI is InChI=1S/C12H13ClN2O.2C2H6/c1-3-12-11(13)6-10(7-14-12)15-4-5-16-9(2)8-15;2*1-2/h1,6-7,9H,4-5,8H2,2H3;2*1-2H3. The summed E-state index contributed by atoms with van der Waals surface area (Å²) in [6, 6.07) is 1.86. The minimum Gasteiger partial charge on any atom is -0.375 e. The second-order valence-corrected chi connectivity index (χ2v) is 4.20. The second-order valence-electron chi connectivity index (χ2n) is 3.80. The molecule has 0 bridgehead atoms. The van der Waals surface area contributed by atoms with Gasteiger partial charge in [0.1, 0.15) is 5.69 Å². The molecular weight excluding hydrogens is 272 g/mol. The Kier molecular flexibility index (Phi) is 9.88. The third kappa shape index (κ3) is 5.40. The lowest BCUT2D eigenvalue weighted by Crippen LogP contribution is -2.41. The number of rotatable bonds is 1. The van der Waals surface area contributed by atoms with Gasteiger partial charge in [-0.05, 0) is 18.9 Å². The molecule has 0 saturated carbocycles. The summed E-state index contributed by atoms with van der Waals surface area (Å²) in [5.74, 6) is 2.45. The molecule has 4 heteroatoms. The molecule has 1 aliphatic heterocycles. The highest BCUT2D eigenvalue weighted by molar-refractivity contribution is 6.31. The van der Waals surface area contributed by atoms with Gasteiger partial charge in [0.2, 0.25) is 0 Å². The highest BCUT2D eigenvalue weighted by Crippen LogP contribution is 2.22. The molecule has 0 radical (unpaired) electrons. The molecule has 3 nitrogen and oxygen atoms in total. The number of nitrogens with zero attached hydrogens (tertiary/aromatic N) is 2. The quantitative estimate of drug-likeness (QED) is 0.733. The van der Waals surface area contributed by atoms with Crippen LogP contribution in [0.1, 0.15) is 40.3 Å². The molecule has 0 aromatic carbocycles. The molecule has 0 aliphatic carbocycles. The van der Waals surface area contributed by atoms with Crippen LogP contribution in [0, 0.1) is 12.3 Å². The molecule has 1 fully saturated rings. The average Bonchev–Trinajstić information content (AvgIpc) is 2.51. The highest BCUT2D eigenvalue weighted by Gasteiger charge is 2.17. The molecular formula is C16H25ClN2O. The Hall–Kier alpha value is -1.24. The smallest absolute Gasteiger partial charge is 0.131 e. The fraction of sp³-hybridized carbons (Fsp3) is 0.562. The van der Waals surface area contributed by atoms with E-state index in [2.05, 4.69) is 22.7 Å². The monoisotopic (exact) mass is 296 g/mol. The van der Waals surface area contributed by atoms with Crippen LogP contribution in [0.25, 0.3) is 0 Å². The largest absolute Gasteiger partial charge is 0.375 e. The summed E-state index contributed by atoms with van der Waals surface area (Å²) in [7, 11) is 0. The molecule has 0 amide bonds. The predicted molar refractivity (Wildman–Crippen MR) is 87.5 cm³/mol. The molecule has 1 unspecified atom stereocenters. The zero-order valence-corrected chi connectivity index (χ0v) is 13.9. The van der Waals surface area contributed by atoms with Gasteiger partial charge in [0, 0.05) is 13.1 Å². The van der Waals surface area contributed by atoms with Crippen LogP contribution in [0.5, 0.6) is 0 Å². The van der Waals surface area contributed by atoms with E-state index in [0.717, 1.165) is 25.4 Å². The first-order valence-corrected chi connectivity index (χ1v) is 7.57. The Morgan fingerprint density at radius 2 is 2.05 bits per heavy atom. The van der Waals surface area contributed by atoms with E-state index in [9.17, 15) is 0 Å². The number of hydrogen-bond donors (Lipinski definition) is 0. The summed E-state index contributed by atoms with van der Waals surface area (Å²) in [5, 5.41) is 0.527. The normalized spacial score (nSPS) is 17.1. The van der Waals surface area contributed by atoms with Gasteiger partial charge < -0.3 is 9.64 Å². The first-order chi connectivity index (χ1) is 9.70. The number of anilines is 1. The number of pyridine rings is 1. The lowest BCUT2D eigenvalue weighted by atomic mass is 10.2. The Morgan fingerprint density at radius 3 is 2.55 bits per heavy atom. The Balaban J connectivity index is 0.000000829. The van der Waals surface area contributed by atoms with Crippen molar-refractivity contribution in [2.45, 2.75) is 40.7 Å². The number of morpholine rings is 1. The molecule has 1 aliphatic rings. The number of hydrogen-bond acceptors (Lipinski definition) is 3. The first kappa shape index (κ1) is 18.8. The lowest BCUT2D eigenvalue weighted by Gasteiger charge is -2.32. The van der Waals surface area contributed by atoms with Crippen molar-refractivity contribution >= 4 is 17.3 Å². The van der Waals surface area contributed by atoms with Crippen LogP contribution in [0.3, 0.4) is 0 Å². The van der Waals surface area contributed by atoms with Crippen molar-refractivity contribution in [3.63, 3.8) is 0 Å². The zero-order valence-electron chi connectivity index (χ0n) is 13.1. The lowest BCUT2D eigenvalue weighted by molar-refractivity contribution is 0.0532. The van der Waals surface area contributed by atoms with E-state index in [1.165, 1.54) is 0 Å². The molecule has 2 heterocycles. The SMILES string of the molecule is C#Cc1ncc(N2CCOC(C)C2)cc1Cl.CC.CC. The third-order valence-corrected chi connectivity index (χ3v) is 2.86. The minimum absolute atomic E-state index is 0.236. The maximum Gasteiger partial charge on any atom is 0.131 e. The van der Waals surface area contributed by atoms with Crippen molar-refractivity contribution in [2.24, 2.45) is 0 Å². The first-order valence-electron chi connectivity index (χ1n) is 7.19.